The van der Waals surface area contributed by atoms with Crippen molar-refractivity contribution in [2.75, 3.05) is 40.0 Å². The van der Waals surface area contributed by atoms with E-state index < -0.39 is 11.8 Å². The van der Waals surface area contributed by atoms with Crippen molar-refractivity contribution < 1.29 is 28.3 Å². The highest BCUT2D eigenvalue weighted by atomic mass is 16.7. The fourth-order valence-electron chi connectivity index (χ4n) is 5.68. The van der Waals surface area contributed by atoms with Crippen LogP contribution in [-0.4, -0.2) is 41.0 Å². The Kier molecular flexibility index (Phi) is 5.75. The molecule has 3 aromatic carbocycles. The molecule has 1 amide bonds. The molecule has 2 N–H and O–H groups in total. The van der Waals surface area contributed by atoms with E-state index in [0.29, 0.717) is 17.2 Å². The Labute approximate surface area is 221 Å². The van der Waals surface area contributed by atoms with Crippen LogP contribution >= 0.6 is 0 Å². The van der Waals surface area contributed by atoms with Crippen molar-refractivity contribution in [3.05, 3.63) is 71.4 Å². The molecule has 8 heteroatoms. The van der Waals surface area contributed by atoms with Crippen LogP contribution in [0.5, 0.6) is 23.0 Å². The predicted octanol–water partition coefficient (Wildman–Crippen LogP) is 3.78. The lowest BCUT2D eigenvalue weighted by Crippen LogP contribution is -2.42. The highest BCUT2D eigenvalue weighted by molar-refractivity contribution is 6.00. The maximum absolute atomic E-state index is 13.3. The van der Waals surface area contributed by atoms with E-state index in [0.717, 1.165) is 63.1 Å². The number of amides is 1. The number of carbonyl (C=O) groups is 1. The van der Waals surface area contributed by atoms with Crippen LogP contribution in [0.2, 0.25) is 0 Å². The largest absolute Gasteiger partial charge is 0.493 e. The minimum Gasteiger partial charge on any atom is -0.493 e. The second-order valence-electron chi connectivity index (χ2n) is 9.78. The molecule has 1 atom stereocenters. The molecule has 0 bridgehead atoms. The molecule has 4 aromatic rings. The van der Waals surface area contributed by atoms with Gasteiger partial charge in [-0.2, -0.15) is 4.57 Å². The van der Waals surface area contributed by atoms with E-state index in [4.69, 9.17) is 24.7 Å². The molecule has 38 heavy (non-hydrogen) atoms. The van der Waals surface area contributed by atoms with Gasteiger partial charge in [-0.05, 0) is 47.5 Å². The van der Waals surface area contributed by atoms with E-state index in [9.17, 15) is 4.79 Å². The third-order valence-corrected chi connectivity index (χ3v) is 7.49. The van der Waals surface area contributed by atoms with Crippen LogP contribution in [0.4, 0.5) is 5.69 Å². The molecule has 0 fully saturated rings. The Morgan fingerprint density at radius 1 is 1.00 bits per heavy atom. The topological polar surface area (TPSA) is 87.1 Å². The van der Waals surface area contributed by atoms with Crippen molar-refractivity contribution >= 4 is 22.4 Å². The summed E-state index contributed by atoms with van der Waals surface area (Å²) in [7, 11) is 7.22. The normalized spacial score (nSPS) is 14.0. The summed E-state index contributed by atoms with van der Waals surface area (Å²) in [5.74, 6) is 1.55. The van der Waals surface area contributed by atoms with Gasteiger partial charge in [-0.3, -0.25) is 4.79 Å². The summed E-state index contributed by atoms with van der Waals surface area (Å²) < 4.78 is 25.0. The van der Waals surface area contributed by atoms with Crippen LogP contribution in [-0.2, 0) is 17.8 Å². The molecule has 0 saturated carbocycles. The van der Waals surface area contributed by atoms with Gasteiger partial charge in [0.25, 0.3) is 0 Å². The molecule has 6 rings (SSSR count). The number of aromatic nitrogens is 1. The lowest BCUT2D eigenvalue weighted by molar-refractivity contribution is -0.686. The number of carbonyl (C=O) groups excluding carboxylic acids is 1. The number of benzene rings is 3. The van der Waals surface area contributed by atoms with Crippen LogP contribution in [0.25, 0.3) is 22.0 Å². The number of fused-ring (bicyclic) bond motifs is 5. The molecule has 194 valence electrons. The molecule has 0 spiro atoms. The van der Waals surface area contributed by atoms with E-state index >= 15 is 0 Å². The van der Waals surface area contributed by atoms with Crippen molar-refractivity contribution in [3.8, 4) is 34.3 Å². The van der Waals surface area contributed by atoms with Gasteiger partial charge >= 0.3 is 0 Å². The van der Waals surface area contributed by atoms with E-state index in [1.165, 1.54) is 0 Å². The molecule has 3 heterocycles. The Balaban J connectivity index is 1.70. The number of aryl methyl sites for hydroxylation is 2. The molecule has 0 radical (unpaired) electrons. The van der Waals surface area contributed by atoms with Gasteiger partial charge in [0.1, 0.15) is 0 Å². The zero-order chi connectivity index (χ0) is 26.6. The first-order chi connectivity index (χ1) is 18.4. The zero-order valence-electron chi connectivity index (χ0n) is 21.9. The van der Waals surface area contributed by atoms with Gasteiger partial charge in [0.05, 0.1) is 31.1 Å². The summed E-state index contributed by atoms with van der Waals surface area (Å²) in [6, 6.07) is 15.9. The Hall–Kier alpha value is -4.46. The zero-order valence-corrected chi connectivity index (χ0v) is 21.9. The van der Waals surface area contributed by atoms with Crippen molar-refractivity contribution in [1.29, 1.82) is 0 Å². The fraction of sp³-hybridized carbons (Fsp3) is 0.267. The number of hydrogen-bond donors (Lipinski definition) is 1. The highest BCUT2D eigenvalue weighted by Crippen LogP contribution is 2.46. The van der Waals surface area contributed by atoms with Crippen LogP contribution in [0.15, 0.2) is 54.7 Å². The summed E-state index contributed by atoms with van der Waals surface area (Å²) in [6.07, 6.45) is 2.88. The number of primary amides is 1. The molecule has 8 nitrogen and oxygen atoms in total. The number of anilines is 1. The minimum absolute atomic E-state index is 0.196. The van der Waals surface area contributed by atoms with Crippen molar-refractivity contribution in [2.24, 2.45) is 5.73 Å². The number of nitrogens with two attached hydrogens (primary N) is 1. The Bertz CT molecular complexity index is 1580. The van der Waals surface area contributed by atoms with Crippen LogP contribution in [0, 0.1) is 0 Å². The van der Waals surface area contributed by atoms with Gasteiger partial charge in [0.2, 0.25) is 18.4 Å². The summed E-state index contributed by atoms with van der Waals surface area (Å²) in [5.41, 5.74) is 12.0. The van der Waals surface area contributed by atoms with Gasteiger partial charge in [-0.1, -0.05) is 12.1 Å². The fourth-order valence-corrected chi connectivity index (χ4v) is 5.68. The Morgan fingerprint density at radius 3 is 2.39 bits per heavy atom. The Morgan fingerprint density at radius 2 is 1.74 bits per heavy atom. The highest BCUT2D eigenvalue weighted by Gasteiger charge is 2.37. The van der Waals surface area contributed by atoms with Crippen LogP contribution < -0.4 is 34.1 Å². The standard InChI is InChI=1S/C30H29N3O5/c1-32(2)19-7-5-17(6-8-19)26(30(31)34)27-20-9-10-23(35-3)29(36-4)22(20)15-33-12-11-18-13-24-25(38-16-37-24)14-21(18)28(27)33/h5-10,13-15,26H,11-12,16H2,1-4H3,(H-,31,34)/p+1. The third-order valence-electron chi connectivity index (χ3n) is 7.49. The monoisotopic (exact) mass is 512 g/mol. The van der Waals surface area contributed by atoms with E-state index in [1.807, 2.05) is 61.5 Å². The molecule has 1 unspecified atom stereocenters. The van der Waals surface area contributed by atoms with Crippen molar-refractivity contribution in [1.82, 2.24) is 0 Å². The molecular weight excluding hydrogens is 482 g/mol. The van der Waals surface area contributed by atoms with E-state index in [2.05, 4.69) is 16.8 Å². The summed E-state index contributed by atoms with van der Waals surface area (Å²) >= 11 is 0. The molecule has 2 aliphatic heterocycles. The first-order valence-corrected chi connectivity index (χ1v) is 12.5. The number of methoxy groups -OCH3 is 2. The molecular formula is C30H30N3O5+. The van der Waals surface area contributed by atoms with Gasteiger partial charge in [-0.25, -0.2) is 0 Å². The number of nitrogens with zero attached hydrogens (tertiary/aromatic N) is 2. The first-order valence-electron chi connectivity index (χ1n) is 12.5. The third kappa shape index (κ3) is 3.67. The van der Waals surface area contributed by atoms with E-state index in [1.54, 1.807) is 14.2 Å². The average Bonchev–Trinajstić information content (AvgIpc) is 3.38. The van der Waals surface area contributed by atoms with Gasteiger partial charge in [-0.15, -0.1) is 0 Å². The molecule has 0 saturated heterocycles. The van der Waals surface area contributed by atoms with Crippen molar-refractivity contribution in [2.45, 2.75) is 18.9 Å². The minimum atomic E-state index is -0.703. The van der Waals surface area contributed by atoms with Gasteiger partial charge in [0, 0.05) is 37.2 Å². The van der Waals surface area contributed by atoms with Gasteiger partial charge in [0.15, 0.2) is 35.7 Å². The lowest BCUT2D eigenvalue weighted by Gasteiger charge is -2.24. The maximum atomic E-state index is 13.3. The average molecular weight is 513 g/mol. The summed E-state index contributed by atoms with van der Waals surface area (Å²) in [4.78, 5) is 15.3. The number of rotatable bonds is 6. The summed E-state index contributed by atoms with van der Waals surface area (Å²) in [6.45, 7) is 0.915. The second-order valence-corrected chi connectivity index (χ2v) is 9.78. The molecule has 0 aliphatic carbocycles. The smallest absolute Gasteiger partial charge is 0.231 e. The predicted molar refractivity (Wildman–Crippen MR) is 144 cm³/mol. The SMILES string of the molecule is COc1ccc2c(C(C(N)=O)c3ccc(N(C)C)cc3)c3[n+](cc2c1OC)CCc1cc2c(cc1-3)OCO2. The molecule has 1 aromatic heterocycles. The van der Waals surface area contributed by atoms with Crippen molar-refractivity contribution in [3.63, 3.8) is 0 Å². The molecule has 2 aliphatic rings. The number of hydrogen-bond acceptors (Lipinski definition) is 6. The van der Waals surface area contributed by atoms with Crippen LogP contribution in [0.1, 0.15) is 22.6 Å². The second kappa shape index (κ2) is 9.13. The quantitative estimate of drug-likeness (QED) is 0.396. The van der Waals surface area contributed by atoms with Crippen LogP contribution in [0.3, 0.4) is 0 Å². The van der Waals surface area contributed by atoms with Gasteiger partial charge < -0.3 is 29.6 Å². The lowest BCUT2D eigenvalue weighted by atomic mass is 9.82. The van der Waals surface area contributed by atoms with E-state index in [-0.39, 0.29) is 6.79 Å². The number of ether oxygens (including phenoxy) is 4. The summed E-state index contributed by atoms with van der Waals surface area (Å²) in [5, 5.41) is 1.73. The maximum Gasteiger partial charge on any atom is 0.231 e. The first kappa shape index (κ1) is 23.9. The number of pyridine rings is 1.